The molecule has 76 valence electrons. The highest BCUT2D eigenvalue weighted by atomic mass is 16.3. The van der Waals surface area contributed by atoms with Crippen LogP contribution >= 0.6 is 0 Å². The van der Waals surface area contributed by atoms with Gasteiger partial charge in [0.1, 0.15) is 12.0 Å². The first kappa shape index (κ1) is 9.65. The summed E-state index contributed by atoms with van der Waals surface area (Å²) in [5.74, 6) is 0.486. The standard InChI is InChI=1S/C12H11NO2/c1-2-9-3-5-10(6-4-9)12-13-11(7-14)8-15-12/h3-8H,2H2,1H3. The molecule has 0 spiro atoms. The fourth-order valence-electron chi connectivity index (χ4n) is 1.36. The van der Waals surface area contributed by atoms with Crippen LogP contribution in [0, 0.1) is 0 Å². The highest BCUT2D eigenvalue weighted by Gasteiger charge is 2.05. The molecule has 0 saturated heterocycles. The van der Waals surface area contributed by atoms with Crippen LogP contribution < -0.4 is 0 Å². The van der Waals surface area contributed by atoms with Crippen LogP contribution in [-0.4, -0.2) is 11.3 Å². The zero-order valence-electron chi connectivity index (χ0n) is 8.43. The second-order valence-electron chi connectivity index (χ2n) is 3.25. The molecule has 0 atom stereocenters. The molecule has 0 N–H and O–H groups in total. The summed E-state index contributed by atoms with van der Waals surface area (Å²) < 4.78 is 5.17. The van der Waals surface area contributed by atoms with Gasteiger partial charge in [0.25, 0.3) is 0 Å². The van der Waals surface area contributed by atoms with Crippen molar-refractivity contribution >= 4 is 6.29 Å². The Labute approximate surface area is 87.8 Å². The first-order valence-electron chi connectivity index (χ1n) is 4.83. The average Bonchev–Trinajstić information content (AvgIpc) is 2.78. The quantitative estimate of drug-likeness (QED) is 0.717. The monoisotopic (exact) mass is 201 g/mol. The fraction of sp³-hybridized carbons (Fsp3) is 0.167. The summed E-state index contributed by atoms with van der Waals surface area (Å²) in [7, 11) is 0. The number of aryl methyl sites for hydroxylation is 1. The average molecular weight is 201 g/mol. The molecule has 0 amide bonds. The van der Waals surface area contributed by atoms with Crippen LogP contribution in [0.15, 0.2) is 34.9 Å². The maximum atomic E-state index is 10.4. The van der Waals surface area contributed by atoms with Gasteiger partial charge in [-0.15, -0.1) is 0 Å². The Morgan fingerprint density at radius 3 is 2.60 bits per heavy atom. The number of aromatic nitrogens is 1. The second kappa shape index (κ2) is 4.09. The second-order valence-corrected chi connectivity index (χ2v) is 3.25. The molecule has 0 saturated carbocycles. The molecule has 1 aromatic heterocycles. The number of nitrogens with zero attached hydrogens (tertiary/aromatic N) is 1. The number of hydrogen-bond donors (Lipinski definition) is 0. The molecule has 0 fully saturated rings. The molecular weight excluding hydrogens is 190 g/mol. The van der Waals surface area contributed by atoms with E-state index in [-0.39, 0.29) is 0 Å². The number of benzene rings is 1. The molecule has 0 aliphatic carbocycles. The molecule has 3 nitrogen and oxygen atoms in total. The van der Waals surface area contributed by atoms with Gasteiger partial charge < -0.3 is 4.42 Å². The fourth-order valence-corrected chi connectivity index (χ4v) is 1.36. The first-order chi connectivity index (χ1) is 7.33. The number of rotatable bonds is 3. The lowest BCUT2D eigenvalue weighted by atomic mass is 10.1. The molecule has 0 aliphatic heterocycles. The van der Waals surface area contributed by atoms with E-state index in [1.165, 1.54) is 11.8 Å². The van der Waals surface area contributed by atoms with E-state index in [9.17, 15) is 4.79 Å². The highest BCUT2D eigenvalue weighted by Crippen LogP contribution is 2.18. The summed E-state index contributed by atoms with van der Waals surface area (Å²) >= 11 is 0. The third-order valence-electron chi connectivity index (χ3n) is 2.25. The lowest BCUT2D eigenvalue weighted by molar-refractivity contribution is 0.111. The Bertz CT molecular complexity index is 457. The molecule has 0 radical (unpaired) electrons. The van der Waals surface area contributed by atoms with Crippen molar-refractivity contribution in [2.75, 3.05) is 0 Å². The number of oxazole rings is 1. The van der Waals surface area contributed by atoms with Crippen LogP contribution in [0.25, 0.3) is 11.5 Å². The predicted molar refractivity (Wildman–Crippen MR) is 56.7 cm³/mol. The van der Waals surface area contributed by atoms with Gasteiger partial charge in [0.05, 0.1) is 0 Å². The largest absolute Gasteiger partial charge is 0.444 e. The molecule has 3 heteroatoms. The topological polar surface area (TPSA) is 43.1 Å². The van der Waals surface area contributed by atoms with Gasteiger partial charge >= 0.3 is 0 Å². The first-order valence-corrected chi connectivity index (χ1v) is 4.83. The Morgan fingerprint density at radius 1 is 1.33 bits per heavy atom. The van der Waals surface area contributed by atoms with Gasteiger partial charge in [-0.3, -0.25) is 4.79 Å². The van der Waals surface area contributed by atoms with Crippen LogP contribution in [0.2, 0.25) is 0 Å². The van der Waals surface area contributed by atoms with E-state index >= 15 is 0 Å². The Morgan fingerprint density at radius 2 is 2.07 bits per heavy atom. The van der Waals surface area contributed by atoms with Crippen molar-refractivity contribution in [2.45, 2.75) is 13.3 Å². The van der Waals surface area contributed by atoms with Crippen molar-refractivity contribution in [1.29, 1.82) is 0 Å². The van der Waals surface area contributed by atoms with Crippen molar-refractivity contribution in [3.05, 3.63) is 41.8 Å². The Balaban J connectivity index is 2.32. The van der Waals surface area contributed by atoms with Gasteiger partial charge in [0.2, 0.25) is 5.89 Å². The van der Waals surface area contributed by atoms with E-state index in [2.05, 4.69) is 11.9 Å². The Hall–Kier alpha value is -1.90. The summed E-state index contributed by atoms with van der Waals surface area (Å²) in [5, 5.41) is 0. The van der Waals surface area contributed by atoms with E-state index in [1.807, 2.05) is 24.3 Å². The molecule has 1 aromatic carbocycles. The zero-order chi connectivity index (χ0) is 10.7. The minimum atomic E-state index is 0.324. The van der Waals surface area contributed by atoms with E-state index in [0.29, 0.717) is 17.9 Å². The third-order valence-corrected chi connectivity index (χ3v) is 2.25. The van der Waals surface area contributed by atoms with E-state index in [0.717, 1.165) is 12.0 Å². The van der Waals surface area contributed by atoms with Crippen molar-refractivity contribution in [3.63, 3.8) is 0 Å². The molecule has 0 aliphatic rings. The summed E-state index contributed by atoms with van der Waals surface area (Å²) in [4.78, 5) is 14.4. The molecule has 0 unspecified atom stereocenters. The normalized spacial score (nSPS) is 10.2. The van der Waals surface area contributed by atoms with Gasteiger partial charge in [-0.05, 0) is 24.1 Å². The van der Waals surface area contributed by atoms with Crippen molar-refractivity contribution in [2.24, 2.45) is 0 Å². The van der Waals surface area contributed by atoms with Crippen LogP contribution in [0.1, 0.15) is 23.0 Å². The molecule has 1 heterocycles. The maximum Gasteiger partial charge on any atom is 0.226 e. The Kier molecular flexibility index (Phi) is 2.63. The minimum absolute atomic E-state index is 0.324. The summed E-state index contributed by atoms with van der Waals surface area (Å²) in [6.45, 7) is 2.10. The van der Waals surface area contributed by atoms with E-state index in [4.69, 9.17) is 4.42 Å². The van der Waals surface area contributed by atoms with Crippen LogP contribution in [0.4, 0.5) is 0 Å². The number of aldehydes is 1. The van der Waals surface area contributed by atoms with Crippen LogP contribution in [-0.2, 0) is 6.42 Å². The molecule has 2 aromatic rings. The summed E-state index contributed by atoms with van der Waals surface area (Å²) in [5.41, 5.74) is 2.48. The van der Waals surface area contributed by atoms with Gasteiger partial charge in [-0.2, -0.15) is 0 Å². The highest BCUT2D eigenvalue weighted by molar-refractivity contribution is 5.72. The maximum absolute atomic E-state index is 10.4. The molecule has 2 rings (SSSR count). The predicted octanol–water partition coefficient (Wildman–Crippen LogP) is 2.72. The van der Waals surface area contributed by atoms with Gasteiger partial charge in [-0.25, -0.2) is 4.98 Å². The van der Waals surface area contributed by atoms with Crippen molar-refractivity contribution in [3.8, 4) is 11.5 Å². The van der Waals surface area contributed by atoms with E-state index < -0.39 is 0 Å². The van der Waals surface area contributed by atoms with Gasteiger partial charge in [0.15, 0.2) is 6.29 Å². The number of carbonyl (C=O) groups is 1. The van der Waals surface area contributed by atoms with Crippen molar-refractivity contribution < 1.29 is 9.21 Å². The number of carbonyl (C=O) groups excluding carboxylic acids is 1. The van der Waals surface area contributed by atoms with Crippen LogP contribution in [0.3, 0.4) is 0 Å². The SMILES string of the molecule is CCc1ccc(-c2nc(C=O)co2)cc1. The summed E-state index contributed by atoms with van der Waals surface area (Å²) in [6, 6.07) is 7.94. The van der Waals surface area contributed by atoms with Gasteiger partial charge in [-0.1, -0.05) is 19.1 Å². The summed E-state index contributed by atoms with van der Waals surface area (Å²) in [6.07, 6.45) is 3.04. The smallest absolute Gasteiger partial charge is 0.226 e. The number of hydrogen-bond acceptors (Lipinski definition) is 3. The lowest BCUT2D eigenvalue weighted by Gasteiger charge is -1.97. The van der Waals surface area contributed by atoms with Crippen LogP contribution in [0.5, 0.6) is 0 Å². The van der Waals surface area contributed by atoms with E-state index in [1.54, 1.807) is 0 Å². The molecule has 0 bridgehead atoms. The third kappa shape index (κ3) is 1.96. The zero-order valence-corrected chi connectivity index (χ0v) is 8.43. The minimum Gasteiger partial charge on any atom is -0.444 e. The lowest BCUT2D eigenvalue weighted by Crippen LogP contribution is -1.82. The molecular formula is C12H11NO2. The van der Waals surface area contributed by atoms with Crippen molar-refractivity contribution in [1.82, 2.24) is 4.98 Å². The molecule has 15 heavy (non-hydrogen) atoms. The van der Waals surface area contributed by atoms with Gasteiger partial charge in [0, 0.05) is 5.56 Å².